The number of ether oxygens (including phenoxy) is 1. The lowest BCUT2D eigenvalue weighted by Crippen LogP contribution is -2.30. The summed E-state index contributed by atoms with van der Waals surface area (Å²) in [4.78, 5) is 31.5. The molecule has 2 N–H and O–H groups in total. The minimum absolute atomic E-state index is 0.161. The predicted molar refractivity (Wildman–Crippen MR) is 158 cm³/mol. The molecule has 0 radical (unpaired) electrons. The second-order valence-electron chi connectivity index (χ2n) is 9.36. The summed E-state index contributed by atoms with van der Waals surface area (Å²) in [6, 6.07) is 36.1. The normalized spacial score (nSPS) is 11.5. The molecule has 1 unspecified atom stereocenters. The van der Waals surface area contributed by atoms with E-state index < -0.39 is 0 Å². The molecule has 1 heterocycles. The fraction of sp³-hybridized carbons (Fsp3) is 0.147. The van der Waals surface area contributed by atoms with E-state index in [1.165, 1.54) is 0 Å². The second-order valence-corrected chi connectivity index (χ2v) is 9.36. The fourth-order valence-corrected chi connectivity index (χ4v) is 4.70. The van der Waals surface area contributed by atoms with Gasteiger partial charge >= 0.3 is 0 Å². The molecule has 4 aromatic carbocycles. The molecule has 0 aliphatic rings. The summed E-state index contributed by atoms with van der Waals surface area (Å²) >= 11 is 0. The quantitative estimate of drug-likeness (QED) is 0.200. The third-order valence-electron chi connectivity index (χ3n) is 6.71. The van der Waals surface area contributed by atoms with Gasteiger partial charge in [-0.05, 0) is 30.2 Å². The van der Waals surface area contributed by atoms with Crippen molar-refractivity contribution in [2.45, 2.75) is 19.4 Å². The zero-order valence-electron chi connectivity index (χ0n) is 22.3. The summed E-state index contributed by atoms with van der Waals surface area (Å²) in [6.07, 6.45) is 0.728. The number of rotatable bonds is 10. The number of pyridine rings is 1. The van der Waals surface area contributed by atoms with Crippen LogP contribution in [-0.2, 0) is 0 Å². The molecular formula is C34H31N3O3. The van der Waals surface area contributed by atoms with Gasteiger partial charge in [0.15, 0.2) is 5.75 Å². The number of aromatic nitrogens is 1. The third kappa shape index (κ3) is 6.02. The van der Waals surface area contributed by atoms with E-state index in [0.29, 0.717) is 33.5 Å². The number of fused-ring (bicyclic) bond motifs is 1. The van der Waals surface area contributed by atoms with Crippen LogP contribution in [0.4, 0.5) is 0 Å². The van der Waals surface area contributed by atoms with E-state index in [9.17, 15) is 9.59 Å². The van der Waals surface area contributed by atoms with Crippen LogP contribution in [0.5, 0.6) is 5.75 Å². The number of benzene rings is 4. The summed E-state index contributed by atoms with van der Waals surface area (Å²) in [5.41, 5.74) is 4.14. The van der Waals surface area contributed by atoms with Crippen LogP contribution >= 0.6 is 0 Å². The Morgan fingerprint density at radius 3 is 2.10 bits per heavy atom. The number of nitrogens with zero attached hydrogens (tertiary/aromatic N) is 1. The van der Waals surface area contributed by atoms with E-state index in [-0.39, 0.29) is 31.0 Å². The lowest BCUT2D eigenvalue weighted by Gasteiger charge is -2.21. The summed E-state index contributed by atoms with van der Waals surface area (Å²) < 4.78 is 6.32. The van der Waals surface area contributed by atoms with Crippen LogP contribution in [-0.4, -0.2) is 29.9 Å². The highest BCUT2D eigenvalue weighted by molar-refractivity contribution is 6.10. The van der Waals surface area contributed by atoms with Crippen LogP contribution in [0.3, 0.4) is 0 Å². The van der Waals surface area contributed by atoms with Crippen molar-refractivity contribution in [2.75, 3.05) is 13.2 Å². The lowest BCUT2D eigenvalue weighted by molar-refractivity contribution is 0.0923. The van der Waals surface area contributed by atoms with E-state index >= 15 is 0 Å². The monoisotopic (exact) mass is 529 g/mol. The van der Waals surface area contributed by atoms with Crippen molar-refractivity contribution in [1.29, 1.82) is 0 Å². The molecule has 5 rings (SSSR count). The van der Waals surface area contributed by atoms with Crippen molar-refractivity contribution >= 4 is 22.7 Å². The maximum atomic E-state index is 14.0. The summed E-state index contributed by atoms with van der Waals surface area (Å²) in [6.45, 7) is 2.47. The molecule has 0 aliphatic heterocycles. The molecule has 0 saturated carbocycles. The number of hydrogen-bond acceptors (Lipinski definition) is 4. The van der Waals surface area contributed by atoms with Crippen molar-refractivity contribution < 1.29 is 14.3 Å². The predicted octanol–water partition coefficient (Wildman–Crippen LogP) is 6.59. The van der Waals surface area contributed by atoms with Crippen LogP contribution in [0.1, 0.15) is 45.7 Å². The van der Waals surface area contributed by atoms with Crippen molar-refractivity contribution in [3.05, 3.63) is 132 Å². The van der Waals surface area contributed by atoms with Crippen LogP contribution in [0.15, 0.2) is 115 Å². The van der Waals surface area contributed by atoms with E-state index in [0.717, 1.165) is 17.5 Å². The first-order valence-corrected chi connectivity index (χ1v) is 13.5. The number of amides is 2. The number of carbonyl (C=O) groups excluding carboxylic acids is 2. The first kappa shape index (κ1) is 26.6. The van der Waals surface area contributed by atoms with E-state index in [2.05, 4.69) is 10.6 Å². The second kappa shape index (κ2) is 12.7. The van der Waals surface area contributed by atoms with E-state index in [1.54, 1.807) is 12.1 Å². The molecule has 40 heavy (non-hydrogen) atoms. The third-order valence-corrected chi connectivity index (χ3v) is 6.71. The zero-order valence-corrected chi connectivity index (χ0v) is 22.3. The van der Waals surface area contributed by atoms with Gasteiger partial charge < -0.3 is 15.4 Å². The average Bonchev–Trinajstić information content (AvgIpc) is 3.02. The lowest BCUT2D eigenvalue weighted by atomic mass is 10.00. The molecule has 0 bridgehead atoms. The minimum Gasteiger partial charge on any atom is -0.489 e. The smallest absolute Gasteiger partial charge is 0.256 e. The highest BCUT2D eigenvalue weighted by Crippen LogP contribution is 2.37. The maximum absolute atomic E-state index is 14.0. The van der Waals surface area contributed by atoms with Crippen molar-refractivity contribution in [1.82, 2.24) is 15.6 Å². The maximum Gasteiger partial charge on any atom is 0.256 e. The molecule has 0 fully saturated rings. The Labute approximate surface area is 234 Å². The molecule has 2 amide bonds. The Hall–Kier alpha value is -4.97. The molecule has 200 valence electrons. The first-order chi connectivity index (χ1) is 19.7. The number of carbonyl (C=O) groups is 2. The molecule has 1 atom stereocenters. The van der Waals surface area contributed by atoms with Gasteiger partial charge in [0.1, 0.15) is 12.3 Å². The molecule has 5 aromatic rings. The van der Waals surface area contributed by atoms with E-state index in [1.807, 2.05) is 110 Å². The van der Waals surface area contributed by atoms with Gasteiger partial charge in [0.05, 0.1) is 23.7 Å². The Balaban J connectivity index is 1.50. The summed E-state index contributed by atoms with van der Waals surface area (Å²) in [7, 11) is 0. The molecule has 6 heteroatoms. The highest BCUT2D eigenvalue weighted by Gasteiger charge is 2.25. The summed E-state index contributed by atoms with van der Waals surface area (Å²) in [5, 5.41) is 6.82. The van der Waals surface area contributed by atoms with Crippen LogP contribution in [0.25, 0.3) is 22.2 Å². The van der Waals surface area contributed by atoms with Gasteiger partial charge in [0.2, 0.25) is 0 Å². The fourth-order valence-electron chi connectivity index (χ4n) is 4.70. The first-order valence-electron chi connectivity index (χ1n) is 13.5. The van der Waals surface area contributed by atoms with Gasteiger partial charge in [0, 0.05) is 16.5 Å². The van der Waals surface area contributed by atoms with Gasteiger partial charge in [-0.1, -0.05) is 104 Å². The molecule has 0 aliphatic carbocycles. The highest BCUT2D eigenvalue weighted by atomic mass is 16.5. The Morgan fingerprint density at radius 2 is 1.40 bits per heavy atom. The van der Waals surface area contributed by atoms with Crippen LogP contribution < -0.4 is 15.4 Å². The minimum atomic E-state index is -0.241. The topological polar surface area (TPSA) is 80.3 Å². The largest absolute Gasteiger partial charge is 0.489 e. The number of nitrogens with one attached hydrogen (secondary N) is 2. The SMILES string of the molecule is CCC(NC(=O)c1c(OCCNC(=O)c2ccccc2)c(-c2ccccc2)nc2ccccc12)c1ccccc1. The van der Waals surface area contributed by atoms with Gasteiger partial charge in [0.25, 0.3) is 11.8 Å². The standard InChI is InChI=1S/C34H31N3O3/c1-2-28(24-14-6-3-7-15-24)37-34(39)30-27-20-12-13-21-29(27)36-31(25-16-8-4-9-17-25)32(30)40-23-22-35-33(38)26-18-10-5-11-19-26/h3-21,28H,2,22-23H2,1H3,(H,35,38)(H,37,39). The van der Waals surface area contributed by atoms with Crippen molar-refractivity contribution in [3.8, 4) is 17.0 Å². The van der Waals surface area contributed by atoms with E-state index in [4.69, 9.17) is 9.72 Å². The van der Waals surface area contributed by atoms with Crippen molar-refractivity contribution in [2.24, 2.45) is 0 Å². The van der Waals surface area contributed by atoms with Crippen molar-refractivity contribution in [3.63, 3.8) is 0 Å². The average molecular weight is 530 g/mol. The van der Waals surface area contributed by atoms with Gasteiger partial charge in [-0.2, -0.15) is 0 Å². The van der Waals surface area contributed by atoms with Crippen LogP contribution in [0, 0.1) is 0 Å². The Morgan fingerprint density at radius 1 is 0.775 bits per heavy atom. The number of hydrogen-bond donors (Lipinski definition) is 2. The molecule has 6 nitrogen and oxygen atoms in total. The molecule has 0 saturated heterocycles. The van der Waals surface area contributed by atoms with Gasteiger partial charge in [-0.15, -0.1) is 0 Å². The summed E-state index contributed by atoms with van der Waals surface area (Å²) in [5.74, 6) is -0.0372. The Bertz CT molecular complexity index is 1590. The Kier molecular flexibility index (Phi) is 8.47. The van der Waals surface area contributed by atoms with Crippen LogP contribution in [0.2, 0.25) is 0 Å². The zero-order chi connectivity index (χ0) is 27.7. The molecule has 1 aromatic heterocycles. The molecular weight excluding hydrogens is 498 g/mol. The van der Waals surface area contributed by atoms with Gasteiger partial charge in [-0.3, -0.25) is 9.59 Å². The van der Waals surface area contributed by atoms with Gasteiger partial charge in [-0.25, -0.2) is 4.98 Å². The number of para-hydroxylation sites is 1. The molecule has 0 spiro atoms.